The fourth-order valence-electron chi connectivity index (χ4n) is 3.75. The van der Waals surface area contributed by atoms with Crippen LogP contribution in [0.25, 0.3) is 5.52 Å². The first-order chi connectivity index (χ1) is 12.3. The molecule has 2 unspecified atom stereocenters. The van der Waals surface area contributed by atoms with Gasteiger partial charge in [0.15, 0.2) is 0 Å². The van der Waals surface area contributed by atoms with Crippen molar-refractivity contribution in [2.75, 3.05) is 25.5 Å². The van der Waals surface area contributed by atoms with Crippen molar-refractivity contribution in [3.05, 3.63) is 23.9 Å². The molecule has 0 amide bonds. The Kier molecular flexibility index (Phi) is 5.30. The molecule has 1 N–H and O–H groups in total. The Morgan fingerprint density at radius 1 is 1.31 bits per heavy atom. The molecular formula is C18H25F3N4Se. The summed E-state index contributed by atoms with van der Waals surface area (Å²) in [5.41, 5.74) is 1.13. The zero-order chi connectivity index (χ0) is 19.1. The van der Waals surface area contributed by atoms with Gasteiger partial charge in [-0.15, -0.1) is 0 Å². The van der Waals surface area contributed by atoms with Gasteiger partial charge in [-0.1, -0.05) is 13.8 Å². The Balaban J connectivity index is 0.000000948. The van der Waals surface area contributed by atoms with Gasteiger partial charge in [-0.2, -0.15) is 0 Å². The van der Waals surface area contributed by atoms with Crippen molar-refractivity contribution in [3.63, 3.8) is 0 Å². The molecule has 4 rings (SSSR count). The zero-order valence-corrected chi connectivity index (χ0v) is 17.2. The summed E-state index contributed by atoms with van der Waals surface area (Å²) in [4.78, 5) is 2.33. The molecule has 8 heteroatoms. The number of likely N-dealkylation sites (tertiary alicyclic amines) is 1. The van der Waals surface area contributed by atoms with Crippen LogP contribution in [0.1, 0.15) is 32.4 Å². The summed E-state index contributed by atoms with van der Waals surface area (Å²) >= 11 is -1.58. The molecule has 0 bridgehead atoms. The molecule has 1 saturated heterocycles. The van der Waals surface area contributed by atoms with Crippen LogP contribution in [-0.4, -0.2) is 60.2 Å². The van der Waals surface area contributed by atoms with E-state index >= 15 is 0 Å². The van der Waals surface area contributed by atoms with Gasteiger partial charge in [0.2, 0.25) is 0 Å². The molecule has 1 saturated carbocycles. The number of piperidine rings is 1. The van der Waals surface area contributed by atoms with Crippen molar-refractivity contribution in [2.45, 2.75) is 44.2 Å². The quantitative estimate of drug-likeness (QED) is 0.756. The van der Waals surface area contributed by atoms with Crippen molar-refractivity contribution in [3.8, 4) is 0 Å². The van der Waals surface area contributed by atoms with E-state index in [1.807, 2.05) is 26.0 Å². The van der Waals surface area contributed by atoms with Gasteiger partial charge in [0.25, 0.3) is 0 Å². The first-order valence-electron chi connectivity index (χ1n) is 8.98. The van der Waals surface area contributed by atoms with E-state index in [0.29, 0.717) is 21.6 Å². The average Bonchev–Trinajstić information content (AvgIpc) is 3.19. The number of anilines is 1. The third-order valence-electron chi connectivity index (χ3n) is 5.07. The second-order valence-corrected chi connectivity index (χ2v) is 9.12. The van der Waals surface area contributed by atoms with E-state index in [4.69, 9.17) is 0 Å². The molecule has 0 radical (unpaired) electrons. The van der Waals surface area contributed by atoms with Gasteiger partial charge >= 0.3 is 144 Å². The predicted molar refractivity (Wildman–Crippen MR) is 99.3 cm³/mol. The van der Waals surface area contributed by atoms with Crippen LogP contribution in [0.3, 0.4) is 0 Å². The van der Waals surface area contributed by atoms with Gasteiger partial charge in [0.1, 0.15) is 0 Å². The van der Waals surface area contributed by atoms with E-state index in [-0.39, 0.29) is 5.54 Å². The van der Waals surface area contributed by atoms with Gasteiger partial charge in [-0.25, -0.2) is 0 Å². The number of nitrogens with zero attached hydrogens (tertiary/aromatic N) is 3. The molecule has 2 atom stereocenters. The van der Waals surface area contributed by atoms with Gasteiger partial charge in [0, 0.05) is 0 Å². The SMILES string of the molecule is CC.Cc1nn2c(NC34CCN(C)CC3C4)cccc2c1[Se]C(F)(F)F. The molecule has 2 aliphatic rings. The van der Waals surface area contributed by atoms with Crippen LogP contribution in [0.15, 0.2) is 18.2 Å². The van der Waals surface area contributed by atoms with Crippen molar-refractivity contribution in [2.24, 2.45) is 5.92 Å². The molecule has 2 aromatic rings. The molecule has 26 heavy (non-hydrogen) atoms. The summed E-state index contributed by atoms with van der Waals surface area (Å²) in [6, 6.07) is 5.45. The van der Waals surface area contributed by atoms with Gasteiger partial charge in [-0.05, 0) is 0 Å². The monoisotopic (exact) mass is 434 g/mol. The number of rotatable bonds is 3. The number of alkyl halides is 3. The second-order valence-electron chi connectivity index (χ2n) is 6.86. The van der Waals surface area contributed by atoms with E-state index in [1.54, 1.807) is 17.5 Å². The number of aryl methyl sites for hydroxylation is 1. The number of hydrogen-bond acceptors (Lipinski definition) is 3. The number of fused-ring (bicyclic) bond motifs is 2. The number of hydrogen-bond donors (Lipinski definition) is 1. The topological polar surface area (TPSA) is 32.6 Å². The molecular weight excluding hydrogens is 408 g/mol. The fraction of sp³-hybridized carbons (Fsp3) is 0.611. The van der Waals surface area contributed by atoms with E-state index in [1.165, 1.54) is 0 Å². The predicted octanol–water partition coefficient (Wildman–Crippen LogP) is 3.02. The van der Waals surface area contributed by atoms with Crippen LogP contribution in [0.4, 0.5) is 19.0 Å². The standard InChI is InChI=1S/C16H19F3N4Se.C2H6/c1-10-14(24-16(17,18)19)12-4-3-5-13(23(12)21-10)20-15-6-7-22(2)9-11(15)8-15;1-2/h3-5,11,20H,6-9H2,1-2H3;1-2H3. The fourth-order valence-corrected chi connectivity index (χ4v) is 5.18. The molecule has 2 fully saturated rings. The molecule has 1 aliphatic carbocycles. The zero-order valence-electron chi connectivity index (χ0n) is 15.5. The van der Waals surface area contributed by atoms with Crippen LogP contribution >= 0.6 is 0 Å². The first kappa shape index (κ1) is 19.5. The Morgan fingerprint density at radius 3 is 2.69 bits per heavy atom. The summed E-state index contributed by atoms with van der Waals surface area (Å²) < 4.78 is 40.6. The number of nitrogens with one attached hydrogen (secondary N) is 1. The van der Waals surface area contributed by atoms with Crippen LogP contribution in [0.5, 0.6) is 0 Å². The van der Waals surface area contributed by atoms with Crippen LogP contribution in [-0.2, 0) is 0 Å². The van der Waals surface area contributed by atoms with Crippen molar-refractivity contribution >= 4 is 30.8 Å². The third kappa shape index (κ3) is 3.73. The Morgan fingerprint density at radius 2 is 2.04 bits per heavy atom. The minimum atomic E-state index is -4.17. The Hall–Kier alpha value is -1.24. The van der Waals surface area contributed by atoms with Crippen molar-refractivity contribution in [1.29, 1.82) is 0 Å². The molecule has 4 nitrogen and oxygen atoms in total. The van der Waals surface area contributed by atoms with Crippen molar-refractivity contribution in [1.82, 2.24) is 14.5 Å². The summed E-state index contributed by atoms with van der Waals surface area (Å²) in [7, 11) is 2.13. The van der Waals surface area contributed by atoms with E-state index in [2.05, 4.69) is 22.4 Å². The van der Waals surface area contributed by atoms with Crippen LogP contribution < -0.4 is 9.78 Å². The Bertz CT molecular complexity index is 789. The molecule has 0 aromatic carbocycles. The van der Waals surface area contributed by atoms with E-state index in [9.17, 15) is 13.2 Å². The summed E-state index contributed by atoms with van der Waals surface area (Å²) in [5, 5.41) is 3.82. The number of pyridine rings is 1. The number of aromatic nitrogens is 2. The van der Waals surface area contributed by atoms with Crippen LogP contribution in [0.2, 0.25) is 0 Å². The molecule has 144 valence electrons. The first-order valence-corrected chi connectivity index (χ1v) is 10.7. The van der Waals surface area contributed by atoms with Crippen molar-refractivity contribution < 1.29 is 13.2 Å². The molecule has 2 aromatic heterocycles. The second kappa shape index (κ2) is 7.06. The van der Waals surface area contributed by atoms with Gasteiger partial charge < -0.3 is 0 Å². The van der Waals surface area contributed by atoms with Gasteiger partial charge in [-0.3, -0.25) is 0 Å². The average molecular weight is 433 g/mol. The Labute approximate surface area is 158 Å². The molecule has 1 aliphatic heterocycles. The van der Waals surface area contributed by atoms with Crippen LogP contribution in [0, 0.1) is 12.8 Å². The summed E-state index contributed by atoms with van der Waals surface area (Å²) in [6.45, 7) is 7.77. The van der Waals surface area contributed by atoms with Gasteiger partial charge in [0.05, 0.1) is 0 Å². The molecule has 3 heterocycles. The van der Waals surface area contributed by atoms with E-state index < -0.39 is 20.0 Å². The maximum absolute atomic E-state index is 12.9. The van der Waals surface area contributed by atoms with E-state index in [0.717, 1.165) is 31.7 Å². The summed E-state index contributed by atoms with van der Waals surface area (Å²) in [6.07, 6.45) is 2.18. The maximum atomic E-state index is 12.9. The third-order valence-corrected chi connectivity index (χ3v) is 7.05. The number of halogens is 3. The molecule has 0 spiro atoms. The minimum absolute atomic E-state index is 0.0932. The normalized spacial score (nSPS) is 25.4. The summed E-state index contributed by atoms with van der Waals surface area (Å²) in [5.74, 6) is 1.41.